The van der Waals surface area contributed by atoms with Gasteiger partial charge in [0.15, 0.2) is 12.6 Å². The third-order valence-electron chi connectivity index (χ3n) is 3.85. The van der Waals surface area contributed by atoms with E-state index in [1.165, 1.54) is 0 Å². The number of aliphatic hydroxyl groups excluding tert-OH is 6. The molecule has 0 aliphatic carbocycles. The Morgan fingerprint density at radius 2 is 1.67 bits per heavy atom. The Kier molecular flexibility index (Phi) is 5.52. The zero-order valence-electron chi connectivity index (χ0n) is 11.5. The maximum Gasteiger partial charge on any atom is 0.187 e. The van der Waals surface area contributed by atoms with E-state index in [9.17, 15) is 25.5 Å². The number of rotatable bonds is 3. The fourth-order valence-corrected chi connectivity index (χ4v) is 2.42. The van der Waals surface area contributed by atoms with Gasteiger partial charge in [-0.3, -0.25) is 0 Å². The highest BCUT2D eigenvalue weighted by molar-refractivity contribution is 4.90. The molecule has 0 unspecified atom stereocenters. The van der Waals surface area contributed by atoms with E-state index in [4.69, 9.17) is 19.3 Å². The van der Waals surface area contributed by atoms with Crippen LogP contribution in [0.25, 0.3) is 0 Å². The summed E-state index contributed by atoms with van der Waals surface area (Å²) in [6.45, 7) is 1.02. The molecule has 9 nitrogen and oxygen atoms in total. The highest BCUT2D eigenvalue weighted by Crippen LogP contribution is 2.27. The number of aliphatic hydroxyl groups is 6. The molecule has 2 aliphatic heterocycles. The van der Waals surface area contributed by atoms with E-state index < -0.39 is 61.9 Å². The van der Waals surface area contributed by atoms with Crippen molar-refractivity contribution in [2.24, 2.45) is 0 Å². The van der Waals surface area contributed by atoms with Crippen LogP contribution in [0.4, 0.5) is 0 Å². The zero-order valence-corrected chi connectivity index (χ0v) is 11.5. The van der Waals surface area contributed by atoms with E-state index in [2.05, 4.69) is 0 Å². The number of ether oxygens (including phenoxy) is 3. The van der Waals surface area contributed by atoms with Gasteiger partial charge >= 0.3 is 0 Å². The van der Waals surface area contributed by atoms with Gasteiger partial charge in [0, 0.05) is 6.42 Å². The van der Waals surface area contributed by atoms with Crippen LogP contribution in [0.2, 0.25) is 0 Å². The van der Waals surface area contributed by atoms with E-state index in [1.807, 2.05) is 0 Å². The van der Waals surface area contributed by atoms with Crippen molar-refractivity contribution in [3.8, 4) is 0 Å². The minimum atomic E-state index is -1.56. The summed E-state index contributed by atoms with van der Waals surface area (Å²) in [6.07, 6.45) is -10.7. The molecule has 21 heavy (non-hydrogen) atoms. The van der Waals surface area contributed by atoms with Gasteiger partial charge in [-0.05, 0) is 6.92 Å². The highest BCUT2D eigenvalue weighted by Gasteiger charge is 2.46. The van der Waals surface area contributed by atoms with Crippen molar-refractivity contribution in [1.82, 2.24) is 0 Å². The summed E-state index contributed by atoms with van der Waals surface area (Å²) >= 11 is 0. The maximum absolute atomic E-state index is 9.83. The first-order valence-corrected chi connectivity index (χ1v) is 6.82. The molecule has 0 aromatic rings. The van der Waals surface area contributed by atoms with E-state index in [-0.39, 0.29) is 6.42 Å². The molecule has 0 aromatic heterocycles. The van der Waals surface area contributed by atoms with Crippen LogP contribution in [0.15, 0.2) is 0 Å². The van der Waals surface area contributed by atoms with Gasteiger partial charge in [0.05, 0.1) is 18.8 Å². The molecule has 2 fully saturated rings. The lowest BCUT2D eigenvalue weighted by atomic mass is 9.99. The topological polar surface area (TPSA) is 149 Å². The summed E-state index contributed by atoms with van der Waals surface area (Å²) in [5.74, 6) is 0. The molecule has 0 aromatic carbocycles. The van der Waals surface area contributed by atoms with Gasteiger partial charge in [-0.2, -0.15) is 0 Å². The van der Waals surface area contributed by atoms with Crippen molar-refractivity contribution in [2.75, 3.05) is 6.61 Å². The highest BCUT2D eigenvalue weighted by atomic mass is 16.7. The third-order valence-corrected chi connectivity index (χ3v) is 3.85. The van der Waals surface area contributed by atoms with Gasteiger partial charge in [-0.15, -0.1) is 0 Å². The molecule has 0 radical (unpaired) electrons. The quantitative estimate of drug-likeness (QED) is 0.314. The average Bonchev–Trinajstić information content (AvgIpc) is 2.45. The Morgan fingerprint density at radius 1 is 1.00 bits per heavy atom. The fraction of sp³-hybridized carbons (Fsp3) is 1.00. The lowest BCUT2D eigenvalue weighted by Crippen LogP contribution is -2.61. The monoisotopic (exact) mass is 310 g/mol. The molecule has 9 heteroatoms. The van der Waals surface area contributed by atoms with Crippen molar-refractivity contribution >= 4 is 0 Å². The first kappa shape index (κ1) is 17.0. The molecule has 9 atom stereocenters. The summed E-state index contributed by atoms with van der Waals surface area (Å²) in [6, 6.07) is 0. The second-order valence-corrected chi connectivity index (χ2v) is 5.41. The first-order chi connectivity index (χ1) is 9.85. The van der Waals surface area contributed by atoms with E-state index in [0.717, 1.165) is 0 Å². The van der Waals surface area contributed by atoms with Crippen molar-refractivity contribution in [3.05, 3.63) is 0 Å². The van der Waals surface area contributed by atoms with Crippen molar-refractivity contribution in [3.63, 3.8) is 0 Å². The van der Waals surface area contributed by atoms with E-state index in [1.54, 1.807) is 6.92 Å². The van der Waals surface area contributed by atoms with Gasteiger partial charge in [-0.1, -0.05) is 0 Å². The van der Waals surface area contributed by atoms with Crippen molar-refractivity contribution < 1.29 is 44.8 Å². The van der Waals surface area contributed by atoms with Crippen LogP contribution in [-0.4, -0.2) is 92.6 Å². The van der Waals surface area contributed by atoms with Gasteiger partial charge < -0.3 is 44.8 Å². The van der Waals surface area contributed by atoms with E-state index >= 15 is 0 Å². The van der Waals surface area contributed by atoms with Crippen molar-refractivity contribution in [1.29, 1.82) is 0 Å². The Bertz CT molecular complexity index is 339. The predicted molar refractivity (Wildman–Crippen MR) is 65.8 cm³/mol. The largest absolute Gasteiger partial charge is 0.394 e. The molecule has 0 spiro atoms. The smallest absolute Gasteiger partial charge is 0.187 e. The minimum Gasteiger partial charge on any atom is -0.394 e. The van der Waals surface area contributed by atoms with Gasteiger partial charge in [0.25, 0.3) is 0 Å². The first-order valence-electron chi connectivity index (χ1n) is 6.82. The second kappa shape index (κ2) is 6.82. The van der Waals surface area contributed by atoms with Crippen LogP contribution >= 0.6 is 0 Å². The Hall–Kier alpha value is -0.360. The van der Waals surface area contributed by atoms with Crippen LogP contribution in [0.1, 0.15) is 13.3 Å². The molecule has 2 saturated heterocycles. The SMILES string of the molecule is C[C@@H]1O[C@@H](O)[C@H](O[C@@H]2O[C@H](CO)[C@@H](O)[C@H](O)[C@H]2O)C[C@H]1O. The summed E-state index contributed by atoms with van der Waals surface area (Å²) < 4.78 is 15.6. The molecule has 0 saturated carbocycles. The summed E-state index contributed by atoms with van der Waals surface area (Å²) in [5.41, 5.74) is 0. The Labute approximate surface area is 121 Å². The third kappa shape index (κ3) is 3.52. The average molecular weight is 310 g/mol. The lowest BCUT2D eigenvalue weighted by Gasteiger charge is -2.43. The molecule has 2 heterocycles. The van der Waals surface area contributed by atoms with Gasteiger partial charge in [0.1, 0.15) is 30.5 Å². The fourth-order valence-electron chi connectivity index (χ4n) is 2.42. The standard InChI is InChI=1S/C12H22O9/c1-4-5(14)2-6(11(18)19-4)20-12-10(17)9(16)8(15)7(3-13)21-12/h4-18H,2-3H2,1H3/t4-,5+,6+,7+,8+,9-,10+,11+,12+/m0/s1. The predicted octanol–water partition coefficient (Wildman–Crippen LogP) is -3.34. The van der Waals surface area contributed by atoms with Gasteiger partial charge in [-0.25, -0.2) is 0 Å². The molecule has 124 valence electrons. The molecular formula is C12H22O9. The maximum atomic E-state index is 9.83. The molecule has 6 N–H and O–H groups in total. The molecule has 2 aliphatic rings. The van der Waals surface area contributed by atoms with Crippen LogP contribution in [0.3, 0.4) is 0 Å². The van der Waals surface area contributed by atoms with Gasteiger partial charge in [0.2, 0.25) is 0 Å². The van der Waals surface area contributed by atoms with Crippen LogP contribution in [-0.2, 0) is 14.2 Å². The zero-order chi connectivity index (χ0) is 15.7. The molecule has 0 amide bonds. The summed E-state index contributed by atoms with van der Waals surface area (Å²) in [7, 11) is 0. The molecule has 0 bridgehead atoms. The van der Waals surface area contributed by atoms with Crippen LogP contribution in [0.5, 0.6) is 0 Å². The molecule has 2 rings (SSSR count). The molecular weight excluding hydrogens is 288 g/mol. The van der Waals surface area contributed by atoms with Crippen LogP contribution < -0.4 is 0 Å². The summed E-state index contributed by atoms with van der Waals surface area (Å²) in [5, 5.41) is 57.7. The Balaban J connectivity index is 2.01. The van der Waals surface area contributed by atoms with Crippen molar-refractivity contribution in [2.45, 2.75) is 68.7 Å². The minimum absolute atomic E-state index is 0.0529. The number of hydrogen-bond donors (Lipinski definition) is 6. The van der Waals surface area contributed by atoms with E-state index in [0.29, 0.717) is 0 Å². The second-order valence-electron chi connectivity index (χ2n) is 5.41. The lowest BCUT2D eigenvalue weighted by molar-refractivity contribution is -0.343. The summed E-state index contributed by atoms with van der Waals surface area (Å²) in [4.78, 5) is 0. The Morgan fingerprint density at radius 3 is 2.29 bits per heavy atom. The number of hydrogen-bond acceptors (Lipinski definition) is 9. The normalized spacial score (nSPS) is 51.9. The van der Waals surface area contributed by atoms with Crippen LogP contribution in [0, 0.1) is 0 Å².